The molecule has 0 fully saturated rings. The summed E-state index contributed by atoms with van der Waals surface area (Å²) >= 11 is 0. The van der Waals surface area contributed by atoms with Crippen molar-refractivity contribution in [1.29, 1.82) is 0 Å². The minimum absolute atomic E-state index is 0.0588. The van der Waals surface area contributed by atoms with Gasteiger partial charge in [-0.1, -0.05) is 36.4 Å². The quantitative estimate of drug-likeness (QED) is 0.427. The van der Waals surface area contributed by atoms with Gasteiger partial charge in [0.1, 0.15) is 0 Å². The number of carbonyl (C=O) groups is 2. The van der Waals surface area contributed by atoms with Crippen LogP contribution in [0.5, 0.6) is 0 Å². The smallest absolute Gasteiger partial charge is 0.351 e. The minimum atomic E-state index is -3.86. The molecule has 2 aromatic carbocycles. The highest BCUT2D eigenvalue weighted by Crippen LogP contribution is 2.20. The summed E-state index contributed by atoms with van der Waals surface area (Å²) in [5.41, 5.74) is 0. The van der Waals surface area contributed by atoms with Gasteiger partial charge in [-0.3, -0.25) is 4.79 Å². The van der Waals surface area contributed by atoms with E-state index in [1.807, 2.05) is 0 Å². The molecule has 0 N–H and O–H groups in total. The van der Waals surface area contributed by atoms with Crippen molar-refractivity contribution in [2.75, 3.05) is 34.1 Å². The lowest BCUT2D eigenvalue weighted by Crippen LogP contribution is -2.18. The average Bonchev–Trinajstić information content (AvgIpc) is 2.78. The zero-order valence-corrected chi connectivity index (χ0v) is 19.7. The molecule has 174 valence electrons. The van der Waals surface area contributed by atoms with Crippen molar-refractivity contribution in [3.63, 3.8) is 0 Å². The van der Waals surface area contributed by atoms with Gasteiger partial charge < -0.3 is 14.4 Å². The molecule has 0 aliphatic heterocycles. The summed E-state index contributed by atoms with van der Waals surface area (Å²) in [6.45, 7) is 0. The lowest BCUT2D eigenvalue weighted by molar-refractivity contribution is -0.137. The van der Waals surface area contributed by atoms with Crippen molar-refractivity contribution in [2.45, 2.75) is 9.79 Å². The molecule has 0 bridgehead atoms. The Balaban J connectivity index is 0.000000330. The zero-order chi connectivity index (χ0) is 24.4. The molecular weight excluding hydrogens is 458 g/mol. The fourth-order valence-corrected chi connectivity index (χ4v) is 4.81. The van der Waals surface area contributed by atoms with Crippen molar-refractivity contribution in [2.24, 2.45) is 0 Å². The van der Waals surface area contributed by atoms with Gasteiger partial charge >= 0.3 is 11.9 Å². The normalized spacial score (nSPS) is 11.6. The molecule has 0 heterocycles. The number of hydrogen-bond donors (Lipinski definition) is 0. The molecule has 32 heavy (non-hydrogen) atoms. The Morgan fingerprint density at radius 3 is 1.69 bits per heavy atom. The fraction of sp³-hybridized carbons (Fsp3) is 0.238. The fourth-order valence-electron chi connectivity index (χ4n) is 2.22. The molecule has 0 radical (unpaired) electrons. The Labute approximate surface area is 188 Å². The molecule has 0 aromatic heterocycles. The second-order valence-corrected chi connectivity index (χ2v) is 10.3. The Kier molecular flexibility index (Phi) is 10.1. The van der Waals surface area contributed by atoms with Crippen LogP contribution in [0.2, 0.25) is 0 Å². The highest BCUT2D eigenvalue weighted by atomic mass is 32.2. The number of ether oxygens (including phenoxy) is 2. The van der Waals surface area contributed by atoms with Gasteiger partial charge in [-0.25, -0.2) is 21.6 Å². The van der Waals surface area contributed by atoms with Crippen LogP contribution in [0, 0.1) is 0 Å². The first-order chi connectivity index (χ1) is 15.0. The molecule has 2 rings (SSSR count). The van der Waals surface area contributed by atoms with E-state index >= 15 is 0 Å². The molecule has 2 aromatic rings. The summed E-state index contributed by atoms with van der Waals surface area (Å²) in [5, 5.41) is 0. The summed E-state index contributed by atoms with van der Waals surface area (Å²) in [4.78, 5) is 23.7. The van der Waals surface area contributed by atoms with Crippen LogP contribution in [0.1, 0.15) is 0 Å². The lowest BCUT2D eigenvalue weighted by Gasteiger charge is -2.11. The van der Waals surface area contributed by atoms with E-state index in [4.69, 9.17) is 0 Å². The van der Waals surface area contributed by atoms with Crippen molar-refractivity contribution >= 4 is 31.6 Å². The predicted octanol–water partition coefficient (Wildman–Crippen LogP) is 1.67. The van der Waals surface area contributed by atoms with Crippen molar-refractivity contribution < 1.29 is 35.9 Å². The van der Waals surface area contributed by atoms with Crippen LogP contribution in [0.3, 0.4) is 0 Å². The molecule has 9 nitrogen and oxygen atoms in total. The first-order valence-corrected chi connectivity index (χ1v) is 12.2. The average molecular weight is 484 g/mol. The molecule has 11 heteroatoms. The standard InChI is InChI=1S/C12H15NO4S.C9H10O4S/c1-13(2)9-11(12(14)17-3)18(15,16)10-7-5-4-6-8-10;1-13-9(10)7-14(11,12)8-5-3-2-4-6-8/h4-9H,1-3H3;2-6H,7H2,1H3/b11-9+;. The maximum Gasteiger partial charge on any atom is 0.351 e. The Hall–Kier alpha value is -3.18. The van der Waals surface area contributed by atoms with Gasteiger partial charge in [0.05, 0.1) is 24.0 Å². The summed E-state index contributed by atoms with van der Waals surface area (Å²) in [6.07, 6.45) is 1.23. The van der Waals surface area contributed by atoms with Gasteiger partial charge in [0.15, 0.2) is 20.5 Å². The van der Waals surface area contributed by atoms with Crippen LogP contribution >= 0.6 is 0 Å². The highest BCUT2D eigenvalue weighted by Gasteiger charge is 2.28. The molecule has 0 unspecified atom stereocenters. The first-order valence-electron chi connectivity index (χ1n) is 9.07. The number of rotatable bonds is 7. The molecule has 0 aliphatic rings. The molecule has 0 saturated heterocycles. The molecule has 0 amide bonds. The Bertz CT molecular complexity index is 1140. The van der Waals surface area contributed by atoms with E-state index in [-0.39, 0.29) is 14.7 Å². The monoisotopic (exact) mass is 483 g/mol. The van der Waals surface area contributed by atoms with Crippen LogP contribution < -0.4 is 0 Å². The third-order valence-electron chi connectivity index (χ3n) is 3.74. The minimum Gasteiger partial charge on any atom is -0.468 e. The Morgan fingerprint density at radius 2 is 1.28 bits per heavy atom. The summed E-state index contributed by atoms with van der Waals surface area (Å²) < 4.78 is 56.3. The van der Waals surface area contributed by atoms with Crippen LogP contribution in [0.25, 0.3) is 0 Å². The van der Waals surface area contributed by atoms with Gasteiger partial charge in [-0.05, 0) is 24.3 Å². The molecular formula is C21H25NO8S2. The van der Waals surface area contributed by atoms with Crippen molar-refractivity contribution in [3.05, 3.63) is 71.8 Å². The van der Waals surface area contributed by atoms with E-state index in [1.54, 1.807) is 50.5 Å². The molecule has 0 saturated carbocycles. The van der Waals surface area contributed by atoms with E-state index in [0.29, 0.717) is 0 Å². The molecule has 0 atom stereocenters. The van der Waals surface area contributed by atoms with Gasteiger partial charge in [0.2, 0.25) is 9.84 Å². The SMILES string of the molecule is COC(=O)/C(=C\N(C)C)S(=O)(=O)c1ccccc1.COC(=O)CS(=O)(=O)c1ccccc1. The van der Waals surface area contributed by atoms with Crippen LogP contribution in [0.15, 0.2) is 81.6 Å². The molecule has 0 aliphatic carbocycles. The third-order valence-corrected chi connectivity index (χ3v) is 7.09. The Morgan fingerprint density at radius 1 is 0.812 bits per heavy atom. The zero-order valence-electron chi connectivity index (χ0n) is 18.1. The number of benzene rings is 2. The van der Waals surface area contributed by atoms with Crippen molar-refractivity contribution in [3.8, 4) is 0 Å². The second-order valence-electron chi connectivity index (χ2n) is 6.41. The van der Waals surface area contributed by atoms with Crippen LogP contribution in [-0.4, -0.2) is 67.7 Å². The number of nitrogens with zero attached hydrogens (tertiary/aromatic N) is 1. The topological polar surface area (TPSA) is 124 Å². The maximum absolute atomic E-state index is 12.3. The number of carbonyl (C=O) groups excluding carboxylic acids is 2. The number of hydrogen-bond acceptors (Lipinski definition) is 9. The summed E-state index contributed by atoms with van der Waals surface area (Å²) in [6, 6.07) is 15.5. The maximum atomic E-state index is 12.3. The number of esters is 2. The number of sulfone groups is 2. The van der Waals surface area contributed by atoms with Gasteiger partial charge in [-0.15, -0.1) is 0 Å². The van der Waals surface area contributed by atoms with Crippen LogP contribution in [-0.2, 0) is 38.7 Å². The van der Waals surface area contributed by atoms with Gasteiger partial charge in [0.25, 0.3) is 0 Å². The highest BCUT2D eigenvalue weighted by molar-refractivity contribution is 7.96. The van der Waals surface area contributed by atoms with Gasteiger partial charge in [-0.2, -0.15) is 0 Å². The first kappa shape index (κ1) is 26.9. The van der Waals surface area contributed by atoms with E-state index in [1.165, 1.54) is 35.4 Å². The lowest BCUT2D eigenvalue weighted by atomic mass is 10.4. The number of methoxy groups -OCH3 is 2. The third kappa shape index (κ3) is 7.82. The van der Waals surface area contributed by atoms with Gasteiger partial charge in [0, 0.05) is 20.3 Å². The van der Waals surface area contributed by atoms with E-state index in [9.17, 15) is 26.4 Å². The summed E-state index contributed by atoms with van der Waals surface area (Å²) in [7, 11) is -1.85. The summed E-state index contributed by atoms with van der Waals surface area (Å²) in [5.74, 6) is -2.26. The van der Waals surface area contributed by atoms with Crippen molar-refractivity contribution in [1.82, 2.24) is 4.90 Å². The van der Waals surface area contributed by atoms with E-state index in [0.717, 1.165) is 14.2 Å². The second kappa shape index (κ2) is 12.0. The molecule has 0 spiro atoms. The predicted molar refractivity (Wildman–Crippen MR) is 118 cm³/mol. The van der Waals surface area contributed by atoms with Crippen LogP contribution in [0.4, 0.5) is 0 Å². The van der Waals surface area contributed by atoms with E-state index < -0.39 is 37.4 Å². The largest absolute Gasteiger partial charge is 0.468 e. The van der Waals surface area contributed by atoms with E-state index in [2.05, 4.69) is 9.47 Å².